The van der Waals surface area contributed by atoms with E-state index in [1.165, 1.54) is 0 Å². The number of anilines is 1. The number of benzene rings is 1. The minimum Gasteiger partial charge on any atom is -0.496 e. The Labute approximate surface area is 197 Å². The second kappa shape index (κ2) is 11.8. The number of ether oxygens (including phenoxy) is 2. The molecule has 1 aromatic carbocycles. The van der Waals surface area contributed by atoms with Crippen LogP contribution in [-0.4, -0.2) is 25.8 Å². The fourth-order valence-electron chi connectivity index (χ4n) is 3.76. The van der Waals surface area contributed by atoms with Crippen molar-refractivity contribution in [3.05, 3.63) is 52.3 Å². The first kappa shape index (κ1) is 25.6. The number of rotatable bonds is 10. The van der Waals surface area contributed by atoms with Gasteiger partial charge in [-0.1, -0.05) is 38.8 Å². The van der Waals surface area contributed by atoms with Gasteiger partial charge in [-0.2, -0.15) is 15.8 Å². The Balaban J connectivity index is 2.45. The maximum atomic E-state index is 9.71. The van der Waals surface area contributed by atoms with Crippen molar-refractivity contribution in [2.24, 2.45) is 0 Å². The minimum atomic E-state index is -0.847. The standard InChI is InChI=1S/C27H32N4O2/c1-6-8-14-31(15-9-7-2)22-12-10-20(25(16-22)32-5)11-13-24-23(19-30)26(21(17-28)18-29)33-27(24,3)4/h10-13,16H,6-9,14-15H2,1-5H3. The molecule has 0 spiro atoms. The van der Waals surface area contributed by atoms with E-state index in [9.17, 15) is 15.8 Å². The molecule has 0 aliphatic carbocycles. The van der Waals surface area contributed by atoms with Crippen LogP contribution in [0.25, 0.3) is 6.08 Å². The molecule has 33 heavy (non-hydrogen) atoms. The molecule has 0 saturated heterocycles. The van der Waals surface area contributed by atoms with Crippen molar-refractivity contribution in [2.45, 2.75) is 59.0 Å². The van der Waals surface area contributed by atoms with Gasteiger partial charge in [0.05, 0.1) is 7.11 Å². The van der Waals surface area contributed by atoms with Gasteiger partial charge in [-0.15, -0.1) is 0 Å². The first-order valence-electron chi connectivity index (χ1n) is 11.4. The van der Waals surface area contributed by atoms with Crippen molar-refractivity contribution < 1.29 is 9.47 Å². The maximum absolute atomic E-state index is 9.71. The fourth-order valence-corrected chi connectivity index (χ4v) is 3.76. The van der Waals surface area contributed by atoms with E-state index in [1.54, 1.807) is 13.2 Å². The minimum absolute atomic E-state index is 0.0388. The van der Waals surface area contributed by atoms with Crippen molar-refractivity contribution in [2.75, 3.05) is 25.1 Å². The summed E-state index contributed by atoms with van der Waals surface area (Å²) in [6, 6.07) is 11.9. The molecule has 0 saturated carbocycles. The summed E-state index contributed by atoms with van der Waals surface area (Å²) in [6.07, 6.45) is 8.24. The average Bonchev–Trinajstić information content (AvgIpc) is 3.07. The molecule has 1 aliphatic heterocycles. The zero-order valence-electron chi connectivity index (χ0n) is 20.2. The van der Waals surface area contributed by atoms with Crippen LogP contribution in [0.2, 0.25) is 0 Å². The summed E-state index contributed by atoms with van der Waals surface area (Å²) in [7, 11) is 1.65. The number of hydrogen-bond acceptors (Lipinski definition) is 6. The lowest BCUT2D eigenvalue weighted by atomic mass is 9.94. The van der Waals surface area contributed by atoms with Crippen LogP contribution in [0.15, 0.2) is 46.8 Å². The molecule has 0 radical (unpaired) electrons. The zero-order chi connectivity index (χ0) is 24.4. The molecule has 2 rings (SSSR count). The van der Waals surface area contributed by atoms with Gasteiger partial charge < -0.3 is 14.4 Å². The average molecular weight is 445 g/mol. The van der Waals surface area contributed by atoms with Gasteiger partial charge in [0.15, 0.2) is 11.3 Å². The Morgan fingerprint density at radius 2 is 1.70 bits per heavy atom. The van der Waals surface area contributed by atoms with Gasteiger partial charge in [0.25, 0.3) is 0 Å². The van der Waals surface area contributed by atoms with Crippen LogP contribution in [0.5, 0.6) is 5.75 Å². The Bertz CT molecular complexity index is 1050. The van der Waals surface area contributed by atoms with Crippen LogP contribution >= 0.6 is 0 Å². The molecule has 0 fully saturated rings. The van der Waals surface area contributed by atoms with Gasteiger partial charge >= 0.3 is 0 Å². The number of methoxy groups -OCH3 is 1. The van der Waals surface area contributed by atoms with Crippen molar-refractivity contribution in [1.29, 1.82) is 15.8 Å². The quantitative estimate of drug-likeness (QED) is 0.408. The molecule has 1 heterocycles. The third-order valence-corrected chi connectivity index (χ3v) is 5.64. The van der Waals surface area contributed by atoms with Crippen LogP contribution in [0.4, 0.5) is 5.69 Å². The second-order valence-electron chi connectivity index (χ2n) is 8.39. The van der Waals surface area contributed by atoms with E-state index in [4.69, 9.17) is 9.47 Å². The summed E-state index contributed by atoms with van der Waals surface area (Å²) in [5, 5.41) is 28.2. The Kier molecular flexibility index (Phi) is 9.14. The van der Waals surface area contributed by atoms with Gasteiger partial charge in [0, 0.05) is 36.0 Å². The molecular weight excluding hydrogens is 412 g/mol. The van der Waals surface area contributed by atoms with E-state index in [2.05, 4.69) is 36.9 Å². The zero-order valence-corrected chi connectivity index (χ0v) is 20.2. The molecule has 1 aliphatic rings. The predicted molar refractivity (Wildman–Crippen MR) is 130 cm³/mol. The van der Waals surface area contributed by atoms with Gasteiger partial charge in [-0.05, 0) is 38.8 Å². The molecule has 172 valence electrons. The summed E-state index contributed by atoms with van der Waals surface area (Å²) < 4.78 is 11.5. The van der Waals surface area contributed by atoms with E-state index in [0.717, 1.165) is 55.8 Å². The summed E-state index contributed by atoms with van der Waals surface area (Å²) in [4.78, 5) is 2.40. The molecular formula is C27H32N4O2. The third kappa shape index (κ3) is 5.97. The lowest BCUT2D eigenvalue weighted by Crippen LogP contribution is -2.25. The van der Waals surface area contributed by atoms with Gasteiger partial charge in [0.1, 0.15) is 35.1 Å². The maximum Gasteiger partial charge on any atom is 0.172 e. The molecule has 0 atom stereocenters. The van der Waals surface area contributed by atoms with E-state index in [-0.39, 0.29) is 16.9 Å². The fraction of sp³-hybridized carbons (Fsp3) is 0.444. The number of nitrogens with zero attached hydrogens (tertiary/aromatic N) is 4. The highest BCUT2D eigenvalue weighted by atomic mass is 16.5. The van der Waals surface area contributed by atoms with E-state index in [1.807, 2.05) is 38.1 Å². The molecule has 1 aromatic rings. The normalized spacial score (nSPS) is 14.4. The number of unbranched alkanes of at least 4 members (excludes halogenated alkanes) is 2. The monoisotopic (exact) mass is 444 g/mol. The number of allylic oxidation sites excluding steroid dienone is 2. The largest absolute Gasteiger partial charge is 0.496 e. The van der Waals surface area contributed by atoms with Crippen LogP contribution < -0.4 is 9.64 Å². The van der Waals surface area contributed by atoms with Gasteiger partial charge in [0.2, 0.25) is 0 Å². The molecule has 0 bridgehead atoms. The molecule has 0 unspecified atom stereocenters. The predicted octanol–water partition coefficient (Wildman–Crippen LogP) is 6.05. The summed E-state index contributed by atoms with van der Waals surface area (Å²) in [6.45, 7) is 10.0. The Hall–Kier alpha value is -3.69. The highest BCUT2D eigenvalue weighted by Gasteiger charge is 2.38. The summed E-state index contributed by atoms with van der Waals surface area (Å²) in [5.41, 5.74) is 1.76. The highest BCUT2D eigenvalue weighted by Crippen LogP contribution is 2.40. The molecule has 0 amide bonds. The lowest BCUT2D eigenvalue weighted by Gasteiger charge is -2.25. The molecule has 6 heteroatoms. The van der Waals surface area contributed by atoms with Crippen LogP contribution in [0.1, 0.15) is 58.9 Å². The van der Waals surface area contributed by atoms with Gasteiger partial charge in [-0.3, -0.25) is 0 Å². The second-order valence-corrected chi connectivity index (χ2v) is 8.39. The first-order valence-corrected chi connectivity index (χ1v) is 11.4. The molecule has 0 N–H and O–H groups in total. The van der Waals surface area contributed by atoms with Crippen LogP contribution in [0.3, 0.4) is 0 Å². The third-order valence-electron chi connectivity index (χ3n) is 5.64. The van der Waals surface area contributed by atoms with E-state index in [0.29, 0.717) is 5.57 Å². The van der Waals surface area contributed by atoms with Gasteiger partial charge in [-0.25, -0.2) is 0 Å². The summed E-state index contributed by atoms with van der Waals surface area (Å²) in [5.74, 6) is 0.778. The van der Waals surface area contributed by atoms with Crippen molar-refractivity contribution in [3.8, 4) is 24.0 Å². The SMILES string of the molecule is CCCCN(CCCC)c1ccc(C=CC2=C(C#N)C(=C(C#N)C#N)OC2(C)C)c(OC)c1. The van der Waals surface area contributed by atoms with Crippen molar-refractivity contribution >= 4 is 11.8 Å². The lowest BCUT2D eigenvalue weighted by molar-refractivity contribution is 0.0954. The number of hydrogen-bond donors (Lipinski definition) is 0. The van der Waals surface area contributed by atoms with Crippen LogP contribution in [-0.2, 0) is 4.74 Å². The van der Waals surface area contributed by atoms with Crippen molar-refractivity contribution in [1.82, 2.24) is 0 Å². The highest BCUT2D eigenvalue weighted by molar-refractivity contribution is 5.68. The Morgan fingerprint density at radius 3 is 2.21 bits per heavy atom. The molecule has 6 nitrogen and oxygen atoms in total. The first-order chi connectivity index (χ1) is 15.9. The van der Waals surface area contributed by atoms with E-state index >= 15 is 0 Å². The van der Waals surface area contributed by atoms with Crippen LogP contribution in [0, 0.1) is 34.0 Å². The number of nitriles is 3. The molecule has 0 aromatic heterocycles. The summed E-state index contributed by atoms with van der Waals surface area (Å²) >= 11 is 0. The topological polar surface area (TPSA) is 93.1 Å². The van der Waals surface area contributed by atoms with E-state index < -0.39 is 5.60 Å². The Morgan fingerprint density at radius 1 is 1.06 bits per heavy atom. The van der Waals surface area contributed by atoms with Crippen molar-refractivity contribution in [3.63, 3.8) is 0 Å². The smallest absolute Gasteiger partial charge is 0.172 e.